The molecule has 2 aromatic carbocycles. The lowest BCUT2D eigenvalue weighted by Gasteiger charge is -2.33. The van der Waals surface area contributed by atoms with Crippen LogP contribution in [0.25, 0.3) is 0 Å². The first kappa shape index (κ1) is 25.3. The Morgan fingerprint density at radius 3 is 2.09 bits per heavy atom. The Balaban J connectivity index is 2.36. The molecule has 0 saturated carbocycles. The van der Waals surface area contributed by atoms with Crippen molar-refractivity contribution < 1.29 is 22.4 Å². The third kappa shape index (κ3) is 7.33. The number of anilines is 1. The minimum absolute atomic E-state index is 0.124. The molecule has 0 radical (unpaired) electrons. The zero-order chi connectivity index (χ0) is 24.1. The second-order valence-electron chi connectivity index (χ2n) is 8.67. The molecule has 32 heavy (non-hydrogen) atoms. The molecule has 1 unspecified atom stereocenters. The maximum Gasteiger partial charge on any atom is 0.244 e. The summed E-state index contributed by atoms with van der Waals surface area (Å²) in [6.07, 6.45) is 0.973. The largest absolute Gasteiger partial charge is 0.350 e. The number of sulfonamides is 1. The fraction of sp³-hybridized carbons (Fsp3) is 0.391. The van der Waals surface area contributed by atoms with Gasteiger partial charge in [-0.3, -0.25) is 13.9 Å². The summed E-state index contributed by atoms with van der Waals surface area (Å²) in [5.41, 5.74) is 0.456. The van der Waals surface area contributed by atoms with Crippen molar-refractivity contribution in [3.8, 4) is 0 Å². The van der Waals surface area contributed by atoms with Crippen LogP contribution < -0.4 is 9.62 Å². The number of nitrogens with zero attached hydrogens (tertiary/aromatic N) is 2. The van der Waals surface area contributed by atoms with Gasteiger partial charge < -0.3 is 10.2 Å². The summed E-state index contributed by atoms with van der Waals surface area (Å²) in [5, 5.41) is 2.86. The quantitative estimate of drug-likeness (QED) is 0.652. The van der Waals surface area contributed by atoms with Crippen LogP contribution >= 0.6 is 0 Å². The minimum Gasteiger partial charge on any atom is -0.350 e. The van der Waals surface area contributed by atoms with Gasteiger partial charge in [0.25, 0.3) is 0 Å². The Morgan fingerprint density at radius 1 is 1.03 bits per heavy atom. The molecule has 0 aromatic heterocycles. The van der Waals surface area contributed by atoms with E-state index in [4.69, 9.17) is 0 Å². The second-order valence-corrected chi connectivity index (χ2v) is 10.6. The molecule has 2 amide bonds. The lowest BCUT2D eigenvalue weighted by atomic mass is 10.1. The summed E-state index contributed by atoms with van der Waals surface area (Å²) in [6.45, 7) is 6.71. The third-order valence-electron chi connectivity index (χ3n) is 4.66. The normalized spacial score (nSPS) is 12.7. The van der Waals surface area contributed by atoms with Gasteiger partial charge in [0, 0.05) is 12.1 Å². The van der Waals surface area contributed by atoms with Crippen molar-refractivity contribution in [1.82, 2.24) is 10.2 Å². The first-order chi connectivity index (χ1) is 14.8. The molecule has 0 fully saturated rings. The molecule has 7 nitrogen and oxygen atoms in total. The Kier molecular flexibility index (Phi) is 8.01. The number of rotatable bonds is 8. The molecule has 0 aliphatic rings. The van der Waals surface area contributed by atoms with E-state index in [9.17, 15) is 22.4 Å². The van der Waals surface area contributed by atoms with Crippen molar-refractivity contribution in [2.45, 2.75) is 45.8 Å². The van der Waals surface area contributed by atoms with Crippen LogP contribution in [0, 0.1) is 5.82 Å². The summed E-state index contributed by atoms with van der Waals surface area (Å²) >= 11 is 0. The van der Waals surface area contributed by atoms with Gasteiger partial charge in [-0.1, -0.05) is 30.3 Å². The fourth-order valence-electron chi connectivity index (χ4n) is 3.06. The summed E-state index contributed by atoms with van der Waals surface area (Å²) in [5.74, 6) is -1.43. The fourth-order valence-corrected chi connectivity index (χ4v) is 3.91. The highest BCUT2D eigenvalue weighted by Gasteiger charge is 2.31. The molecule has 2 aromatic rings. The maximum absolute atomic E-state index is 13.3. The highest BCUT2D eigenvalue weighted by Crippen LogP contribution is 2.19. The molecule has 1 atom stereocenters. The molecular weight excluding hydrogens is 433 g/mol. The van der Waals surface area contributed by atoms with E-state index < -0.39 is 39.9 Å². The Bertz CT molecular complexity index is 1040. The van der Waals surface area contributed by atoms with E-state index in [-0.39, 0.29) is 18.1 Å². The van der Waals surface area contributed by atoms with Crippen molar-refractivity contribution in [2.75, 3.05) is 17.1 Å². The van der Waals surface area contributed by atoms with Crippen LogP contribution in [-0.2, 0) is 26.2 Å². The van der Waals surface area contributed by atoms with E-state index in [1.54, 1.807) is 6.92 Å². The van der Waals surface area contributed by atoms with Crippen LogP contribution in [0.2, 0.25) is 0 Å². The van der Waals surface area contributed by atoms with Gasteiger partial charge in [0.15, 0.2) is 0 Å². The topological polar surface area (TPSA) is 86.8 Å². The predicted octanol–water partition coefficient (Wildman–Crippen LogP) is 2.92. The first-order valence-corrected chi connectivity index (χ1v) is 12.0. The predicted molar refractivity (Wildman–Crippen MR) is 123 cm³/mol. The first-order valence-electron chi connectivity index (χ1n) is 10.2. The molecule has 0 spiro atoms. The van der Waals surface area contributed by atoms with Crippen molar-refractivity contribution in [3.05, 3.63) is 66.0 Å². The summed E-state index contributed by atoms with van der Waals surface area (Å²) < 4.78 is 39.0. The lowest BCUT2D eigenvalue weighted by Crippen LogP contribution is -2.54. The molecule has 174 valence electrons. The summed E-state index contributed by atoms with van der Waals surface area (Å²) in [6, 6.07) is 13.1. The lowest BCUT2D eigenvalue weighted by molar-refractivity contribution is -0.140. The van der Waals surface area contributed by atoms with Crippen molar-refractivity contribution >= 4 is 27.5 Å². The Labute approximate surface area is 189 Å². The SMILES string of the molecule is CC(C(=O)NC(C)(C)C)N(Cc1ccccc1)C(=O)CN(c1ccc(F)cc1)S(C)(=O)=O. The van der Waals surface area contributed by atoms with Gasteiger partial charge in [-0.15, -0.1) is 0 Å². The number of nitrogens with one attached hydrogen (secondary N) is 1. The van der Waals surface area contributed by atoms with Gasteiger partial charge >= 0.3 is 0 Å². The van der Waals surface area contributed by atoms with Gasteiger partial charge in [0.2, 0.25) is 21.8 Å². The maximum atomic E-state index is 13.3. The number of hydrogen-bond donors (Lipinski definition) is 1. The number of hydrogen-bond acceptors (Lipinski definition) is 4. The summed E-state index contributed by atoms with van der Waals surface area (Å²) in [7, 11) is -3.84. The molecular formula is C23H30FN3O4S. The standard InChI is InChI=1S/C23H30FN3O4S/c1-17(22(29)25-23(2,3)4)26(15-18-9-7-6-8-10-18)21(28)16-27(32(5,30)31)20-13-11-19(24)12-14-20/h6-14,17H,15-16H2,1-5H3,(H,25,29). The number of amides is 2. The van der Waals surface area contributed by atoms with E-state index >= 15 is 0 Å². The highest BCUT2D eigenvalue weighted by atomic mass is 32.2. The monoisotopic (exact) mass is 463 g/mol. The van der Waals surface area contributed by atoms with E-state index in [0.717, 1.165) is 28.3 Å². The number of carbonyl (C=O) groups is 2. The van der Waals surface area contributed by atoms with Crippen LogP contribution in [0.1, 0.15) is 33.3 Å². The second kappa shape index (κ2) is 10.1. The number of halogens is 1. The van der Waals surface area contributed by atoms with Crippen molar-refractivity contribution in [1.29, 1.82) is 0 Å². The minimum atomic E-state index is -3.84. The Hall–Kier alpha value is -2.94. The smallest absolute Gasteiger partial charge is 0.244 e. The molecule has 2 rings (SSSR count). The number of benzene rings is 2. The molecule has 0 aliphatic heterocycles. The van der Waals surface area contributed by atoms with Crippen LogP contribution in [0.4, 0.5) is 10.1 Å². The molecule has 0 saturated heterocycles. The zero-order valence-electron chi connectivity index (χ0n) is 19.0. The van der Waals surface area contributed by atoms with Crippen molar-refractivity contribution in [3.63, 3.8) is 0 Å². The molecule has 0 heterocycles. The van der Waals surface area contributed by atoms with E-state index in [2.05, 4.69) is 5.32 Å². The van der Waals surface area contributed by atoms with Crippen LogP contribution in [0.15, 0.2) is 54.6 Å². The van der Waals surface area contributed by atoms with Gasteiger partial charge in [-0.25, -0.2) is 12.8 Å². The van der Waals surface area contributed by atoms with Gasteiger partial charge in [-0.05, 0) is 57.5 Å². The van der Waals surface area contributed by atoms with Crippen LogP contribution in [0.3, 0.4) is 0 Å². The van der Waals surface area contributed by atoms with Gasteiger partial charge in [0.1, 0.15) is 18.4 Å². The highest BCUT2D eigenvalue weighted by molar-refractivity contribution is 7.92. The third-order valence-corrected chi connectivity index (χ3v) is 5.80. The average Bonchev–Trinajstić information content (AvgIpc) is 2.69. The Morgan fingerprint density at radius 2 is 1.59 bits per heavy atom. The van der Waals surface area contributed by atoms with Gasteiger partial charge in [-0.2, -0.15) is 0 Å². The van der Waals surface area contributed by atoms with E-state index in [1.807, 2.05) is 51.1 Å². The van der Waals surface area contributed by atoms with Crippen molar-refractivity contribution in [2.24, 2.45) is 0 Å². The molecule has 0 bridgehead atoms. The van der Waals surface area contributed by atoms with Crippen LogP contribution in [-0.4, -0.2) is 49.5 Å². The average molecular weight is 464 g/mol. The molecule has 1 N–H and O–H groups in total. The van der Waals surface area contributed by atoms with E-state index in [0.29, 0.717) is 0 Å². The van der Waals surface area contributed by atoms with Crippen LogP contribution in [0.5, 0.6) is 0 Å². The number of carbonyl (C=O) groups excluding carboxylic acids is 2. The van der Waals surface area contributed by atoms with E-state index in [1.165, 1.54) is 17.0 Å². The zero-order valence-corrected chi connectivity index (χ0v) is 19.8. The summed E-state index contributed by atoms with van der Waals surface area (Å²) in [4.78, 5) is 27.5. The molecule has 9 heteroatoms. The van der Waals surface area contributed by atoms with Gasteiger partial charge in [0.05, 0.1) is 11.9 Å². The molecule has 0 aliphatic carbocycles.